The van der Waals surface area contributed by atoms with Gasteiger partial charge in [0.1, 0.15) is 0 Å². The van der Waals surface area contributed by atoms with Crippen molar-refractivity contribution in [3.63, 3.8) is 0 Å². The first-order chi connectivity index (χ1) is 11.9. The van der Waals surface area contributed by atoms with Gasteiger partial charge in [-0.3, -0.25) is 4.79 Å². The van der Waals surface area contributed by atoms with E-state index in [1.165, 1.54) is 12.1 Å². The van der Waals surface area contributed by atoms with Gasteiger partial charge in [-0.1, -0.05) is 37.3 Å². The Morgan fingerprint density at radius 3 is 2.27 bits per heavy atom. The number of hydrogen-bond acceptors (Lipinski definition) is 4. The van der Waals surface area contributed by atoms with Gasteiger partial charge in [-0.2, -0.15) is 0 Å². The van der Waals surface area contributed by atoms with E-state index in [9.17, 15) is 13.2 Å². The molecule has 7 heteroatoms. The van der Waals surface area contributed by atoms with Gasteiger partial charge >= 0.3 is 0 Å². The lowest BCUT2D eigenvalue weighted by Crippen LogP contribution is -2.32. The van der Waals surface area contributed by atoms with Crippen molar-refractivity contribution in [2.24, 2.45) is 5.73 Å². The Hall–Kier alpha value is -1.89. The summed E-state index contributed by atoms with van der Waals surface area (Å²) in [5.74, 6) is 0.0410. The van der Waals surface area contributed by atoms with Gasteiger partial charge in [0.25, 0.3) is 5.91 Å². The molecule has 2 atom stereocenters. The Balaban J connectivity index is 0.00000243. The topological polar surface area (TPSA) is 80.5 Å². The average Bonchev–Trinajstić information content (AvgIpc) is 3.03. The molecule has 0 spiro atoms. The zero-order valence-corrected chi connectivity index (χ0v) is 16.2. The molecular weight excluding hydrogens is 372 g/mol. The fourth-order valence-electron chi connectivity index (χ4n) is 3.20. The molecule has 2 aromatic rings. The van der Waals surface area contributed by atoms with Crippen LogP contribution in [0.15, 0.2) is 59.5 Å². The largest absolute Gasteiger partial charge is 0.336 e. The SMILES string of the molecule is CCS(=O)(=O)c1ccc(C(=O)N2C[C@@H](N)[C@H](c3ccccc3)C2)cc1.Cl. The van der Waals surface area contributed by atoms with Crippen molar-refractivity contribution in [1.29, 1.82) is 0 Å². The highest BCUT2D eigenvalue weighted by Gasteiger charge is 2.34. The molecule has 0 aromatic heterocycles. The lowest BCUT2D eigenvalue weighted by Gasteiger charge is -2.17. The smallest absolute Gasteiger partial charge is 0.253 e. The van der Waals surface area contributed by atoms with Gasteiger partial charge < -0.3 is 10.6 Å². The highest BCUT2D eigenvalue weighted by Crippen LogP contribution is 2.27. The van der Waals surface area contributed by atoms with Crippen molar-refractivity contribution in [3.05, 3.63) is 65.7 Å². The average molecular weight is 395 g/mol. The Morgan fingerprint density at radius 1 is 1.08 bits per heavy atom. The lowest BCUT2D eigenvalue weighted by molar-refractivity contribution is 0.0789. The van der Waals surface area contributed by atoms with Crippen LogP contribution in [-0.2, 0) is 9.84 Å². The van der Waals surface area contributed by atoms with Crippen LogP contribution in [0, 0.1) is 0 Å². The molecule has 5 nitrogen and oxygen atoms in total. The molecule has 0 unspecified atom stereocenters. The first-order valence-electron chi connectivity index (χ1n) is 8.35. The van der Waals surface area contributed by atoms with Crippen molar-refractivity contribution in [2.45, 2.75) is 23.8 Å². The van der Waals surface area contributed by atoms with Gasteiger partial charge in [0, 0.05) is 30.6 Å². The molecular formula is C19H23ClN2O3S. The number of rotatable bonds is 4. The van der Waals surface area contributed by atoms with Gasteiger partial charge in [-0.25, -0.2) is 8.42 Å². The normalized spacial score (nSPS) is 19.8. The summed E-state index contributed by atoms with van der Waals surface area (Å²) in [5.41, 5.74) is 7.86. The molecule has 1 amide bonds. The van der Waals surface area contributed by atoms with Gasteiger partial charge in [0.05, 0.1) is 10.6 Å². The molecule has 1 aliphatic heterocycles. The van der Waals surface area contributed by atoms with Gasteiger partial charge in [-0.05, 0) is 29.8 Å². The third-order valence-corrected chi connectivity index (χ3v) is 6.47. The quantitative estimate of drug-likeness (QED) is 0.863. The fraction of sp³-hybridized carbons (Fsp3) is 0.316. The minimum absolute atomic E-state index is 0. The van der Waals surface area contributed by atoms with Crippen LogP contribution in [-0.4, -0.2) is 44.1 Å². The molecule has 140 valence electrons. The van der Waals surface area contributed by atoms with Crippen LogP contribution in [0.25, 0.3) is 0 Å². The molecule has 3 rings (SSSR count). The van der Waals surface area contributed by atoms with E-state index in [0.717, 1.165) is 5.56 Å². The Labute approximate surface area is 160 Å². The van der Waals surface area contributed by atoms with Crippen molar-refractivity contribution in [3.8, 4) is 0 Å². The first-order valence-corrected chi connectivity index (χ1v) is 10.00. The molecule has 2 aromatic carbocycles. The number of benzene rings is 2. The molecule has 1 saturated heterocycles. The maximum Gasteiger partial charge on any atom is 0.253 e. The summed E-state index contributed by atoms with van der Waals surface area (Å²) < 4.78 is 23.7. The second-order valence-corrected chi connectivity index (χ2v) is 8.60. The van der Waals surface area contributed by atoms with Crippen LogP contribution in [0.1, 0.15) is 28.8 Å². The predicted octanol–water partition coefficient (Wildman–Crippen LogP) is 2.47. The van der Waals surface area contributed by atoms with Crippen molar-refractivity contribution < 1.29 is 13.2 Å². The van der Waals surface area contributed by atoms with Gasteiger partial charge in [0.15, 0.2) is 9.84 Å². The molecule has 0 saturated carbocycles. The van der Waals surface area contributed by atoms with Gasteiger partial charge in [-0.15, -0.1) is 12.4 Å². The molecule has 1 fully saturated rings. The number of hydrogen-bond donors (Lipinski definition) is 1. The Kier molecular flexibility index (Phi) is 6.44. The summed E-state index contributed by atoms with van der Waals surface area (Å²) in [6, 6.07) is 16.0. The minimum atomic E-state index is -3.26. The molecule has 0 bridgehead atoms. The summed E-state index contributed by atoms with van der Waals surface area (Å²) in [6.07, 6.45) is 0. The molecule has 0 aliphatic carbocycles. The van der Waals surface area contributed by atoms with Crippen LogP contribution in [0.5, 0.6) is 0 Å². The lowest BCUT2D eigenvalue weighted by atomic mass is 9.95. The Bertz CT molecular complexity index is 854. The molecule has 1 heterocycles. The highest BCUT2D eigenvalue weighted by molar-refractivity contribution is 7.91. The first kappa shape index (κ1) is 20.4. The molecule has 0 radical (unpaired) electrons. The van der Waals surface area contributed by atoms with Crippen molar-refractivity contribution in [1.82, 2.24) is 4.90 Å². The van der Waals surface area contributed by atoms with Crippen molar-refractivity contribution >= 4 is 28.2 Å². The van der Waals surface area contributed by atoms with Crippen molar-refractivity contribution in [2.75, 3.05) is 18.8 Å². The van der Waals surface area contributed by atoms with Gasteiger partial charge in [0.2, 0.25) is 0 Å². The third-order valence-electron chi connectivity index (χ3n) is 4.72. The van der Waals surface area contributed by atoms with E-state index in [4.69, 9.17) is 5.73 Å². The number of likely N-dealkylation sites (tertiary alicyclic amines) is 1. The monoisotopic (exact) mass is 394 g/mol. The highest BCUT2D eigenvalue weighted by atomic mass is 35.5. The number of sulfone groups is 1. The van der Waals surface area contributed by atoms with E-state index in [2.05, 4.69) is 0 Å². The minimum Gasteiger partial charge on any atom is -0.336 e. The summed E-state index contributed by atoms with van der Waals surface area (Å²) in [6.45, 7) is 2.66. The molecule has 1 aliphatic rings. The third kappa shape index (κ3) is 4.09. The number of nitrogens with two attached hydrogens (primary N) is 1. The zero-order valence-electron chi connectivity index (χ0n) is 14.5. The number of halogens is 1. The number of carbonyl (C=O) groups is 1. The summed E-state index contributed by atoms with van der Waals surface area (Å²) >= 11 is 0. The van der Waals surface area contributed by atoms with Crippen LogP contribution in [0.3, 0.4) is 0 Å². The number of carbonyl (C=O) groups excluding carboxylic acids is 1. The van der Waals surface area contributed by atoms with E-state index in [0.29, 0.717) is 18.7 Å². The number of nitrogens with zero attached hydrogens (tertiary/aromatic N) is 1. The zero-order chi connectivity index (χ0) is 18.0. The predicted molar refractivity (Wildman–Crippen MR) is 104 cm³/mol. The second-order valence-electron chi connectivity index (χ2n) is 6.32. The van der Waals surface area contributed by atoms with E-state index in [1.54, 1.807) is 24.0 Å². The fourth-order valence-corrected chi connectivity index (χ4v) is 4.09. The van der Waals surface area contributed by atoms with E-state index in [1.807, 2.05) is 30.3 Å². The summed E-state index contributed by atoms with van der Waals surface area (Å²) in [7, 11) is -3.26. The summed E-state index contributed by atoms with van der Waals surface area (Å²) in [5, 5.41) is 0. The van der Waals surface area contributed by atoms with E-state index in [-0.39, 0.29) is 40.9 Å². The number of amides is 1. The second kappa shape index (κ2) is 8.20. The van der Waals surface area contributed by atoms with Crippen LogP contribution in [0.2, 0.25) is 0 Å². The standard InChI is InChI=1S/C19H22N2O3S.ClH/c1-2-25(23,24)16-10-8-15(9-11-16)19(22)21-12-17(18(20)13-21)14-6-4-3-5-7-14;/h3-11,17-18H,2,12-13,20H2,1H3;1H/t17-,18+;/m0./s1. The molecule has 26 heavy (non-hydrogen) atoms. The van der Waals surface area contributed by atoms with Crippen LogP contribution < -0.4 is 5.73 Å². The Morgan fingerprint density at radius 2 is 1.69 bits per heavy atom. The maximum absolute atomic E-state index is 12.7. The van der Waals surface area contributed by atoms with E-state index < -0.39 is 9.84 Å². The van der Waals surface area contributed by atoms with Crippen LogP contribution in [0.4, 0.5) is 0 Å². The molecule has 2 N–H and O–H groups in total. The summed E-state index contributed by atoms with van der Waals surface area (Å²) in [4.78, 5) is 14.7. The van der Waals surface area contributed by atoms with Crippen LogP contribution >= 0.6 is 12.4 Å². The maximum atomic E-state index is 12.7. The van der Waals surface area contributed by atoms with E-state index >= 15 is 0 Å².